The van der Waals surface area contributed by atoms with Crippen LogP contribution in [0, 0.1) is 5.41 Å². The molecule has 1 amide bonds. The van der Waals surface area contributed by atoms with Crippen LogP contribution in [0.25, 0.3) is 6.08 Å². The number of amidine groups is 1. The summed E-state index contributed by atoms with van der Waals surface area (Å²) in [5, 5.41) is 14.9. The van der Waals surface area contributed by atoms with E-state index in [9.17, 15) is 4.79 Å². The van der Waals surface area contributed by atoms with Crippen molar-refractivity contribution in [1.82, 2.24) is 10.3 Å². The summed E-state index contributed by atoms with van der Waals surface area (Å²) >= 11 is 1.01. The second-order valence-corrected chi connectivity index (χ2v) is 5.34. The summed E-state index contributed by atoms with van der Waals surface area (Å²) in [6, 6.07) is 7.25. The second-order valence-electron chi connectivity index (χ2n) is 4.31. The maximum absolute atomic E-state index is 12.4. The number of thioether (sulfide) groups is 1. The molecule has 1 aromatic carbocycles. The first-order valence-corrected chi connectivity index (χ1v) is 6.96. The fourth-order valence-electron chi connectivity index (χ4n) is 1.91. The van der Waals surface area contributed by atoms with Crippen molar-refractivity contribution < 1.29 is 14.2 Å². The van der Waals surface area contributed by atoms with Crippen LogP contribution in [-0.2, 0) is 4.79 Å². The van der Waals surface area contributed by atoms with Gasteiger partial charge < -0.3 is 10.5 Å². The number of amides is 1. The maximum Gasteiger partial charge on any atom is 0.272 e. The lowest BCUT2D eigenvalue weighted by molar-refractivity contribution is -0.113. The molecular formula is C13H11N5O3S. The highest BCUT2D eigenvalue weighted by Gasteiger charge is 2.37. The van der Waals surface area contributed by atoms with E-state index in [2.05, 4.69) is 14.9 Å². The number of aromatic nitrogens is 2. The van der Waals surface area contributed by atoms with Crippen LogP contribution in [-0.4, -0.2) is 28.5 Å². The van der Waals surface area contributed by atoms with Crippen LogP contribution in [0.1, 0.15) is 5.56 Å². The summed E-state index contributed by atoms with van der Waals surface area (Å²) in [7, 11) is 1.57. The largest absolute Gasteiger partial charge is 0.497 e. The number of ether oxygens (including phenoxy) is 1. The average molecular weight is 317 g/mol. The minimum atomic E-state index is -0.403. The molecule has 0 atom stereocenters. The Morgan fingerprint density at radius 1 is 1.45 bits per heavy atom. The highest BCUT2D eigenvalue weighted by molar-refractivity contribution is 8.19. The zero-order valence-electron chi connectivity index (χ0n) is 11.4. The number of hydrogen-bond donors (Lipinski definition) is 2. The van der Waals surface area contributed by atoms with Crippen molar-refractivity contribution >= 4 is 40.5 Å². The van der Waals surface area contributed by atoms with Crippen LogP contribution in [0.4, 0.5) is 11.6 Å². The van der Waals surface area contributed by atoms with Gasteiger partial charge in [-0.05, 0) is 45.8 Å². The third-order valence-corrected chi connectivity index (χ3v) is 3.81. The number of methoxy groups -OCH3 is 1. The predicted molar refractivity (Wildman–Crippen MR) is 82.5 cm³/mol. The van der Waals surface area contributed by atoms with Crippen molar-refractivity contribution in [3.63, 3.8) is 0 Å². The molecule has 3 N–H and O–H groups in total. The van der Waals surface area contributed by atoms with Crippen molar-refractivity contribution in [3.05, 3.63) is 34.7 Å². The highest BCUT2D eigenvalue weighted by Crippen LogP contribution is 2.36. The molecule has 0 saturated carbocycles. The summed E-state index contributed by atoms with van der Waals surface area (Å²) < 4.78 is 9.62. The van der Waals surface area contributed by atoms with Gasteiger partial charge in [-0.15, -0.1) is 0 Å². The first-order valence-electron chi connectivity index (χ1n) is 6.15. The average Bonchev–Trinajstić information content (AvgIpc) is 3.03. The zero-order valence-corrected chi connectivity index (χ0v) is 12.3. The number of nitrogens with one attached hydrogen (secondary N) is 1. The number of rotatable bonds is 3. The Bertz CT molecular complexity index is 785. The Morgan fingerprint density at radius 3 is 2.95 bits per heavy atom. The summed E-state index contributed by atoms with van der Waals surface area (Å²) in [6.07, 6.45) is 1.67. The number of carbonyl (C=O) groups excluding carboxylic acids is 1. The Morgan fingerprint density at radius 2 is 2.27 bits per heavy atom. The molecular weight excluding hydrogens is 306 g/mol. The minimum Gasteiger partial charge on any atom is -0.497 e. The minimum absolute atomic E-state index is 0.0125. The number of carbonyl (C=O) groups is 1. The van der Waals surface area contributed by atoms with Gasteiger partial charge in [-0.3, -0.25) is 10.2 Å². The molecule has 112 valence electrons. The molecule has 0 spiro atoms. The molecule has 2 heterocycles. The van der Waals surface area contributed by atoms with Crippen molar-refractivity contribution in [2.24, 2.45) is 0 Å². The molecule has 2 aromatic rings. The number of nitrogens with two attached hydrogens (primary N) is 1. The molecule has 22 heavy (non-hydrogen) atoms. The lowest BCUT2D eigenvalue weighted by atomic mass is 10.2. The van der Waals surface area contributed by atoms with Gasteiger partial charge in [0.05, 0.1) is 12.0 Å². The van der Waals surface area contributed by atoms with Crippen molar-refractivity contribution in [3.8, 4) is 5.75 Å². The van der Waals surface area contributed by atoms with E-state index in [0.717, 1.165) is 22.2 Å². The second kappa shape index (κ2) is 5.53. The van der Waals surface area contributed by atoms with Crippen molar-refractivity contribution in [2.75, 3.05) is 17.7 Å². The van der Waals surface area contributed by atoms with E-state index < -0.39 is 5.91 Å². The van der Waals surface area contributed by atoms with Crippen molar-refractivity contribution in [2.45, 2.75) is 0 Å². The molecule has 0 radical (unpaired) electrons. The standard InChI is InChI=1S/C13H11N5O3S/c1-20-8-4-2-3-7(5-8)6-9-12(19)18(13(15)22-9)11-10(14)16-21-17-11/h2-6,15H,1H3,(H2,14,16)/b9-6+,15-13?. The van der Waals surface area contributed by atoms with Gasteiger partial charge in [0.2, 0.25) is 11.6 Å². The van der Waals surface area contributed by atoms with E-state index in [4.69, 9.17) is 15.9 Å². The first-order chi connectivity index (χ1) is 10.6. The van der Waals surface area contributed by atoms with Gasteiger partial charge in [-0.25, -0.2) is 9.53 Å². The van der Waals surface area contributed by atoms with Gasteiger partial charge in [0, 0.05) is 0 Å². The summed E-state index contributed by atoms with van der Waals surface area (Å²) in [5.74, 6) is 0.264. The predicted octanol–water partition coefficient (Wildman–Crippen LogP) is 1.72. The highest BCUT2D eigenvalue weighted by atomic mass is 32.2. The fraction of sp³-hybridized carbons (Fsp3) is 0.0769. The molecule has 9 heteroatoms. The van der Waals surface area contributed by atoms with E-state index >= 15 is 0 Å². The Labute approximate surface area is 129 Å². The van der Waals surface area contributed by atoms with Crippen molar-refractivity contribution in [1.29, 1.82) is 5.41 Å². The number of benzene rings is 1. The molecule has 0 aliphatic carbocycles. The molecule has 1 saturated heterocycles. The summed E-state index contributed by atoms with van der Waals surface area (Å²) in [4.78, 5) is 13.9. The van der Waals surface area contributed by atoms with Crippen LogP contribution in [0.3, 0.4) is 0 Å². The third-order valence-electron chi connectivity index (χ3n) is 2.92. The van der Waals surface area contributed by atoms with Crippen LogP contribution in [0.15, 0.2) is 33.8 Å². The van der Waals surface area contributed by atoms with E-state index in [1.54, 1.807) is 19.3 Å². The smallest absolute Gasteiger partial charge is 0.272 e. The molecule has 8 nitrogen and oxygen atoms in total. The van der Waals surface area contributed by atoms with Gasteiger partial charge in [0.25, 0.3) is 5.91 Å². The monoisotopic (exact) mass is 317 g/mol. The summed E-state index contributed by atoms with van der Waals surface area (Å²) in [6.45, 7) is 0. The Kier molecular flexibility index (Phi) is 3.55. The molecule has 3 rings (SSSR count). The molecule has 1 aliphatic heterocycles. The van der Waals surface area contributed by atoms with Crippen LogP contribution in [0.2, 0.25) is 0 Å². The van der Waals surface area contributed by atoms with Crippen LogP contribution in [0.5, 0.6) is 5.75 Å². The number of nitrogens with zero attached hydrogens (tertiary/aromatic N) is 3. The molecule has 1 aliphatic rings. The molecule has 1 aromatic heterocycles. The molecule has 0 unspecified atom stereocenters. The Hall–Kier alpha value is -2.81. The van der Waals surface area contributed by atoms with E-state index in [0.29, 0.717) is 10.7 Å². The first kappa shape index (κ1) is 14.1. The Balaban J connectivity index is 1.93. The van der Waals surface area contributed by atoms with Gasteiger partial charge in [-0.2, -0.15) is 0 Å². The van der Waals surface area contributed by atoms with Crippen LogP contribution >= 0.6 is 11.8 Å². The van der Waals surface area contributed by atoms with Crippen LogP contribution < -0.4 is 15.4 Å². The van der Waals surface area contributed by atoms with E-state index in [1.807, 2.05) is 18.2 Å². The quantitative estimate of drug-likeness (QED) is 0.827. The topological polar surface area (TPSA) is 118 Å². The van der Waals surface area contributed by atoms with Gasteiger partial charge in [0.1, 0.15) is 5.75 Å². The van der Waals surface area contributed by atoms with E-state index in [-0.39, 0.29) is 16.8 Å². The third kappa shape index (κ3) is 2.42. The molecule has 1 fully saturated rings. The summed E-state index contributed by atoms with van der Waals surface area (Å²) in [5.41, 5.74) is 6.37. The molecule has 0 bridgehead atoms. The maximum atomic E-state index is 12.4. The van der Waals surface area contributed by atoms with Gasteiger partial charge in [0.15, 0.2) is 5.17 Å². The lowest BCUT2D eigenvalue weighted by Gasteiger charge is -2.09. The fourth-order valence-corrected chi connectivity index (χ4v) is 2.75. The number of nitrogen functional groups attached to an aromatic ring is 1. The number of hydrogen-bond acceptors (Lipinski definition) is 8. The normalized spacial score (nSPS) is 16.6. The number of anilines is 2. The zero-order chi connectivity index (χ0) is 15.7. The van der Waals surface area contributed by atoms with Gasteiger partial charge in [-0.1, -0.05) is 12.1 Å². The van der Waals surface area contributed by atoms with E-state index in [1.165, 1.54) is 0 Å². The SMILES string of the molecule is COc1cccc(/C=C2/SC(=N)N(c3nonc3N)C2=O)c1. The van der Waals surface area contributed by atoms with Gasteiger partial charge >= 0.3 is 0 Å². The lowest BCUT2D eigenvalue weighted by Crippen LogP contribution is -2.29.